The van der Waals surface area contributed by atoms with Crippen molar-refractivity contribution in [1.82, 2.24) is 29.8 Å². The minimum Gasteiger partial charge on any atom is -0.385 e. The number of piperidine rings is 1. The number of anilines is 3. The lowest BCUT2D eigenvalue weighted by atomic mass is 9.69. The summed E-state index contributed by atoms with van der Waals surface area (Å²) in [6, 6.07) is 12.1. The maximum Gasteiger partial charge on any atom is 0.269 e. The standard InChI is InChI=1S/C29H31F2N9O/c1-33-22-11-25(37-40-24(26(32)41)13-36-27(22)40)39-10-7-20-19(3-2-4-23(20)39)21-6-5-18(12-35-21)14-38-16-28(17-38)8-9-34-15-29(28,30)31/h2-6,11-13,33-34H,7-10,14-17H2,1H3,(H2,32,41). The Morgan fingerprint density at radius 1 is 1.17 bits per heavy atom. The molecule has 4 aromatic rings. The quantitative estimate of drug-likeness (QED) is 0.330. The molecule has 2 fully saturated rings. The highest BCUT2D eigenvalue weighted by molar-refractivity contribution is 5.92. The fourth-order valence-electron chi connectivity index (χ4n) is 6.54. The predicted octanol–water partition coefficient (Wildman–Crippen LogP) is 3.06. The van der Waals surface area contributed by atoms with E-state index in [9.17, 15) is 13.6 Å². The van der Waals surface area contributed by atoms with Crippen molar-refractivity contribution in [2.24, 2.45) is 11.1 Å². The van der Waals surface area contributed by atoms with Gasteiger partial charge in [0.25, 0.3) is 11.8 Å². The number of nitrogens with one attached hydrogen (secondary N) is 2. The van der Waals surface area contributed by atoms with Gasteiger partial charge in [0.15, 0.2) is 11.5 Å². The van der Waals surface area contributed by atoms with Crippen LogP contribution in [0.25, 0.3) is 16.9 Å². The number of nitrogens with zero attached hydrogens (tertiary/aromatic N) is 6. The summed E-state index contributed by atoms with van der Waals surface area (Å²) in [5.41, 5.74) is 11.3. The van der Waals surface area contributed by atoms with Gasteiger partial charge in [0.05, 0.1) is 29.5 Å². The van der Waals surface area contributed by atoms with Crippen molar-refractivity contribution in [1.29, 1.82) is 0 Å². The highest BCUT2D eigenvalue weighted by Crippen LogP contribution is 2.48. The molecule has 41 heavy (non-hydrogen) atoms. The number of rotatable bonds is 6. The second-order valence-electron chi connectivity index (χ2n) is 11.2. The maximum atomic E-state index is 14.5. The predicted molar refractivity (Wildman–Crippen MR) is 152 cm³/mol. The molecule has 3 aliphatic heterocycles. The second-order valence-corrected chi connectivity index (χ2v) is 11.2. The lowest BCUT2D eigenvalue weighted by molar-refractivity contribution is -0.205. The number of alkyl halides is 2. The number of carbonyl (C=O) groups excluding carboxylic acids is 1. The smallest absolute Gasteiger partial charge is 0.269 e. The van der Waals surface area contributed by atoms with Crippen molar-refractivity contribution in [3.63, 3.8) is 0 Å². The number of aromatic nitrogens is 4. The molecular weight excluding hydrogens is 528 g/mol. The van der Waals surface area contributed by atoms with Gasteiger partial charge in [-0.2, -0.15) is 0 Å². The van der Waals surface area contributed by atoms with Crippen molar-refractivity contribution < 1.29 is 13.6 Å². The summed E-state index contributed by atoms with van der Waals surface area (Å²) in [5.74, 6) is -2.58. The molecule has 10 nitrogen and oxygen atoms in total. The third-order valence-electron chi connectivity index (χ3n) is 8.74. The molecule has 0 radical (unpaired) electrons. The number of likely N-dealkylation sites (tertiary alicyclic amines) is 1. The molecule has 0 saturated carbocycles. The molecule has 0 aliphatic carbocycles. The Kier molecular flexibility index (Phi) is 5.94. The Morgan fingerprint density at radius 2 is 2.02 bits per heavy atom. The first-order valence-corrected chi connectivity index (χ1v) is 13.8. The van der Waals surface area contributed by atoms with Gasteiger partial charge in [0.1, 0.15) is 5.69 Å². The summed E-state index contributed by atoms with van der Waals surface area (Å²) in [6.07, 6.45) is 4.60. The fourth-order valence-corrected chi connectivity index (χ4v) is 6.54. The van der Waals surface area contributed by atoms with E-state index in [1.807, 2.05) is 30.5 Å². The zero-order valence-electron chi connectivity index (χ0n) is 22.7. The average molecular weight is 560 g/mol. The molecule has 212 valence electrons. The normalized spacial score (nSPS) is 19.3. The minimum absolute atomic E-state index is 0.216. The van der Waals surface area contributed by atoms with Crippen LogP contribution < -0.4 is 21.3 Å². The number of pyridine rings is 1. The minimum atomic E-state index is -2.66. The molecule has 1 spiro atoms. The SMILES string of the molecule is CNc1cc(N2CCc3c(-c4ccc(CN5CC6(CCNCC6(F)F)C5)cn4)cccc32)nn2c(C(N)=O)cnc12. The van der Waals surface area contributed by atoms with Gasteiger partial charge in [-0.1, -0.05) is 18.2 Å². The average Bonchev–Trinajstić information content (AvgIpc) is 3.58. The Bertz CT molecular complexity index is 1650. The Labute approximate surface area is 235 Å². The summed E-state index contributed by atoms with van der Waals surface area (Å²) in [7, 11) is 1.80. The van der Waals surface area contributed by atoms with Crippen LogP contribution in [0.2, 0.25) is 0 Å². The fraction of sp³-hybridized carbons (Fsp3) is 0.379. The van der Waals surface area contributed by atoms with Crippen molar-refractivity contribution in [3.8, 4) is 11.3 Å². The summed E-state index contributed by atoms with van der Waals surface area (Å²) in [5, 5.41) is 10.7. The Morgan fingerprint density at radius 3 is 2.76 bits per heavy atom. The maximum absolute atomic E-state index is 14.5. The molecule has 4 N–H and O–H groups in total. The van der Waals surface area contributed by atoms with Crippen LogP contribution in [0, 0.1) is 5.41 Å². The topological polar surface area (TPSA) is 117 Å². The number of halogens is 2. The van der Waals surface area contributed by atoms with Crippen LogP contribution in [-0.2, 0) is 13.0 Å². The highest BCUT2D eigenvalue weighted by Gasteiger charge is 2.60. The Balaban J connectivity index is 1.12. The molecule has 1 aromatic carbocycles. The molecule has 3 aromatic heterocycles. The number of hydrogen-bond acceptors (Lipinski definition) is 8. The molecule has 3 aliphatic rings. The third-order valence-corrected chi connectivity index (χ3v) is 8.74. The molecule has 7 rings (SSSR count). The van der Waals surface area contributed by atoms with Crippen LogP contribution in [0.4, 0.5) is 26.0 Å². The molecule has 2 saturated heterocycles. The van der Waals surface area contributed by atoms with Crippen molar-refractivity contribution >= 4 is 28.7 Å². The van der Waals surface area contributed by atoms with Gasteiger partial charge in [-0.3, -0.25) is 14.7 Å². The van der Waals surface area contributed by atoms with Gasteiger partial charge in [0, 0.05) is 56.7 Å². The van der Waals surface area contributed by atoms with E-state index in [4.69, 9.17) is 15.8 Å². The van der Waals surface area contributed by atoms with Crippen molar-refractivity contribution in [2.45, 2.75) is 25.3 Å². The summed E-state index contributed by atoms with van der Waals surface area (Å²) in [4.78, 5) is 25.2. The van der Waals surface area contributed by atoms with Crippen LogP contribution in [0.5, 0.6) is 0 Å². The number of primary amides is 1. The first-order valence-electron chi connectivity index (χ1n) is 13.8. The van der Waals surface area contributed by atoms with E-state index >= 15 is 0 Å². The number of fused-ring (bicyclic) bond motifs is 2. The first kappa shape index (κ1) is 25.8. The number of hydrogen-bond donors (Lipinski definition) is 3. The molecule has 1 amide bonds. The number of imidazole rings is 1. The van der Waals surface area contributed by atoms with E-state index in [1.165, 1.54) is 16.3 Å². The molecule has 0 bridgehead atoms. The molecule has 0 unspecified atom stereocenters. The Hall–Kier alpha value is -4.16. The lowest BCUT2D eigenvalue weighted by Gasteiger charge is -2.56. The van der Waals surface area contributed by atoms with E-state index < -0.39 is 17.2 Å². The van der Waals surface area contributed by atoms with Gasteiger partial charge in [-0.15, -0.1) is 5.10 Å². The lowest BCUT2D eigenvalue weighted by Crippen LogP contribution is -2.69. The largest absolute Gasteiger partial charge is 0.385 e. The van der Waals surface area contributed by atoms with Gasteiger partial charge >= 0.3 is 0 Å². The third kappa shape index (κ3) is 4.12. The van der Waals surface area contributed by atoms with Crippen LogP contribution in [-0.4, -0.2) is 76.1 Å². The molecule has 12 heteroatoms. The van der Waals surface area contributed by atoms with Gasteiger partial charge in [-0.25, -0.2) is 18.3 Å². The first-order chi connectivity index (χ1) is 19.8. The van der Waals surface area contributed by atoms with Crippen LogP contribution in [0.3, 0.4) is 0 Å². The van der Waals surface area contributed by atoms with E-state index in [-0.39, 0.29) is 12.2 Å². The van der Waals surface area contributed by atoms with Crippen LogP contribution >= 0.6 is 0 Å². The summed E-state index contributed by atoms with van der Waals surface area (Å²) in [6.45, 7) is 2.58. The van der Waals surface area contributed by atoms with Gasteiger partial charge < -0.3 is 21.3 Å². The highest BCUT2D eigenvalue weighted by atomic mass is 19.3. The second kappa shape index (κ2) is 9.45. The summed E-state index contributed by atoms with van der Waals surface area (Å²) < 4.78 is 30.5. The van der Waals surface area contributed by atoms with Crippen LogP contribution in [0.15, 0.2) is 48.8 Å². The van der Waals surface area contributed by atoms with E-state index in [2.05, 4.69) is 37.6 Å². The molecule has 0 atom stereocenters. The number of benzene rings is 1. The number of nitrogens with two attached hydrogens (primary N) is 1. The molecule has 6 heterocycles. The zero-order chi connectivity index (χ0) is 28.4. The summed E-state index contributed by atoms with van der Waals surface area (Å²) >= 11 is 0. The van der Waals surface area contributed by atoms with E-state index in [1.54, 1.807) is 7.05 Å². The number of carbonyl (C=O) groups is 1. The van der Waals surface area contributed by atoms with E-state index in [0.717, 1.165) is 34.6 Å². The van der Waals surface area contributed by atoms with Gasteiger partial charge in [0.2, 0.25) is 0 Å². The number of amides is 1. The zero-order valence-corrected chi connectivity index (χ0v) is 22.7. The van der Waals surface area contributed by atoms with Crippen molar-refractivity contribution in [3.05, 3.63) is 65.6 Å². The van der Waals surface area contributed by atoms with Gasteiger partial charge in [-0.05, 0) is 42.6 Å². The van der Waals surface area contributed by atoms with E-state index in [0.29, 0.717) is 50.6 Å². The monoisotopic (exact) mass is 559 g/mol. The van der Waals surface area contributed by atoms with Crippen molar-refractivity contribution in [2.75, 3.05) is 50.0 Å². The van der Waals surface area contributed by atoms with Crippen LogP contribution in [0.1, 0.15) is 28.0 Å². The molecular formula is C29H31F2N9O.